The zero-order valence-corrected chi connectivity index (χ0v) is 10.3. The van der Waals surface area contributed by atoms with Crippen LogP contribution >= 0.6 is 11.6 Å². The summed E-state index contributed by atoms with van der Waals surface area (Å²) in [6, 6.07) is 3.36. The molecule has 1 rings (SSSR count). The van der Waals surface area contributed by atoms with Gasteiger partial charge in [0.25, 0.3) is 5.91 Å². The van der Waals surface area contributed by atoms with E-state index in [1.54, 1.807) is 13.8 Å². The van der Waals surface area contributed by atoms with E-state index in [4.69, 9.17) is 11.6 Å². The second kappa shape index (κ2) is 5.77. The molecule has 1 atom stereocenters. The second-order valence-electron chi connectivity index (χ2n) is 3.62. The van der Waals surface area contributed by atoms with Crippen molar-refractivity contribution in [2.75, 3.05) is 0 Å². The topological polar surface area (TPSA) is 46.2 Å². The molecule has 1 unspecified atom stereocenters. The van der Waals surface area contributed by atoms with Crippen molar-refractivity contribution in [3.8, 4) is 0 Å². The van der Waals surface area contributed by atoms with Crippen LogP contribution in [0.25, 0.3) is 0 Å². The van der Waals surface area contributed by atoms with Gasteiger partial charge < -0.3 is 5.32 Å². The van der Waals surface area contributed by atoms with Crippen LogP contribution in [-0.2, 0) is 4.79 Å². The Hall–Kier alpha value is -1.42. The van der Waals surface area contributed by atoms with Crippen molar-refractivity contribution < 1.29 is 14.0 Å². The molecule has 1 aromatic carbocycles. The molecule has 0 aliphatic rings. The molecule has 0 bridgehead atoms. The van der Waals surface area contributed by atoms with Crippen LogP contribution < -0.4 is 5.32 Å². The van der Waals surface area contributed by atoms with Gasteiger partial charge in [0, 0.05) is 6.42 Å². The van der Waals surface area contributed by atoms with E-state index in [0.29, 0.717) is 6.42 Å². The quantitative estimate of drug-likeness (QED) is 0.901. The molecule has 0 aromatic heterocycles. The van der Waals surface area contributed by atoms with Crippen LogP contribution in [0.4, 0.5) is 4.39 Å². The lowest BCUT2D eigenvalue weighted by atomic mass is 10.1. The summed E-state index contributed by atoms with van der Waals surface area (Å²) < 4.78 is 13.1. The molecule has 0 spiro atoms. The smallest absolute Gasteiger partial charge is 0.253 e. The van der Waals surface area contributed by atoms with Gasteiger partial charge in [-0.1, -0.05) is 24.6 Å². The number of nitrogens with one attached hydrogen (secondary N) is 1. The third-order valence-electron chi connectivity index (χ3n) is 2.38. The maximum atomic E-state index is 13.1. The summed E-state index contributed by atoms with van der Waals surface area (Å²) in [7, 11) is 0. The zero-order valence-electron chi connectivity index (χ0n) is 9.59. The van der Waals surface area contributed by atoms with E-state index in [9.17, 15) is 14.0 Å². The monoisotopic (exact) mass is 257 g/mol. The fourth-order valence-corrected chi connectivity index (χ4v) is 1.55. The summed E-state index contributed by atoms with van der Waals surface area (Å²) in [6.45, 7) is 3.29. The van der Waals surface area contributed by atoms with Crippen molar-refractivity contribution in [1.82, 2.24) is 5.32 Å². The number of ketones is 1. The Bertz CT molecular complexity index is 448. The molecule has 0 radical (unpaired) electrons. The standard InChI is InChI=1S/C12H13ClFNO2/c1-3-10(16)7(2)15-12(17)8-5-4-6-9(14)11(8)13/h4-7H,3H2,1-2H3,(H,15,17). The number of amides is 1. The van der Waals surface area contributed by atoms with Crippen molar-refractivity contribution in [3.63, 3.8) is 0 Å². The Morgan fingerprint density at radius 3 is 2.71 bits per heavy atom. The fraction of sp³-hybridized carbons (Fsp3) is 0.333. The molecule has 0 heterocycles. The first kappa shape index (κ1) is 13.6. The normalized spacial score (nSPS) is 12.0. The molecular weight excluding hydrogens is 245 g/mol. The lowest BCUT2D eigenvalue weighted by Gasteiger charge is -2.12. The summed E-state index contributed by atoms with van der Waals surface area (Å²) in [4.78, 5) is 23.0. The Balaban J connectivity index is 2.84. The van der Waals surface area contributed by atoms with E-state index in [-0.39, 0.29) is 16.4 Å². The summed E-state index contributed by atoms with van der Waals surface area (Å²) in [5, 5.41) is 2.24. The summed E-state index contributed by atoms with van der Waals surface area (Å²) in [6.07, 6.45) is 0.332. The third kappa shape index (κ3) is 3.27. The minimum atomic E-state index is -0.659. The zero-order chi connectivity index (χ0) is 13.0. The van der Waals surface area contributed by atoms with Gasteiger partial charge in [-0.05, 0) is 19.1 Å². The highest BCUT2D eigenvalue weighted by Crippen LogP contribution is 2.19. The number of hydrogen-bond acceptors (Lipinski definition) is 2. The number of hydrogen-bond donors (Lipinski definition) is 1. The average molecular weight is 258 g/mol. The molecule has 0 aliphatic heterocycles. The number of carbonyl (C=O) groups is 2. The molecule has 92 valence electrons. The molecule has 3 nitrogen and oxygen atoms in total. The highest BCUT2D eigenvalue weighted by Gasteiger charge is 2.18. The van der Waals surface area contributed by atoms with Crippen molar-refractivity contribution in [2.45, 2.75) is 26.3 Å². The number of halogens is 2. The molecule has 0 saturated carbocycles. The summed E-state index contributed by atoms with van der Waals surface area (Å²) in [5.74, 6) is -1.30. The molecule has 0 aliphatic carbocycles. The highest BCUT2D eigenvalue weighted by molar-refractivity contribution is 6.34. The largest absolute Gasteiger partial charge is 0.342 e. The van der Waals surface area contributed by atoms with Gasteiger partial charge in [0.05, 0.1) is 16.6 Å². The van der Waals surface area contributed by atoms with Crippen LogP contribution in [-0.4, -0.2) is 17.7 Å². The molecule has 17 heavy (non-hydrogen) atoms. The predicted octanol–water partition coefficient (Wildman–Crippen LogP) is 2.58. The Kier molecular flexibility index (Phi) is 4.63. The Morgan fingerprint density at radius 2 is 2.12 bits per heavy atom. The first-order valence-corrected chi connectivity index (χ1v) is 5.62. The van der Waals surface area contributed by atoms with Gasteiger partial charge in [0.2, 0.25) is 0 Å². The van der Waals surface area contributed by atoms with E-state index in [1.165, 1.54) is 18.2 Å². The minimum absolute atomic E-state index is 0.0300. The average Bonchev–Trinajstić information content (AvgIpc) is 2.31. The van der Waals surface area contributed by atoms with Crippen LogP contribution in [0, 0.1) is 5.82 Å². The van der Waals surface area contributed by atoms with E-state index in [1.807, 2.05) is 0 Å². The van der Waals surface area contributed by atoms with Gasteiger partial charge in [-0.2, -0.15) is 0 Å². The SMILES string of the molecule is CCC(=O)C(C)NC(=O)c1cccc(F)c1Cl. The first-order valence-electron chi connectivity index (χ1n) is 5.25. The number of rotatable bonds is 4. The predicted molar refractivity (Wildman–Crippen MR) is 63.6 cm³/mol. The van der Waals surface area contributed by atoms with Crippen LogP contribution in [0.1, 0.15) is 30.6 Å². The molecule has 5 heteroatoms. The summed E-state index contributed by atoms with van der Waals surface area (Å²) in [5.41, 5.74) is 0.0300. The van der Waals surface area contributed by atoms with Crippen LogP contribution in [0.2, 0.25) is 5.02 Å². The van der Waals surface area contributed by atoms with Crippen LogP contribution in [0.3, 0.4) is 0 Å². The molecule has 1 N–H and O–H groups in total. The Labute approximate surface area is 104 Å². The van der Waals surface area contributed by atoms with E-state index in [0.717, 1.165) is 0 Å². The maximum Gasteiger partial charge on any atom is 0.253 e. The summed E-state index contributed by atoms with van der Waals surface area (Å²) >= 11 is 5.66. The Morgan fingerprint density at radius 1 is 1.47 bits per heavy atom. The first-order chi connectivity index (χ1) is 7.97. The maximum absolute atomic E-state index is 13.1. The second-order valence-corrected chi connectivity index (χ2v) is 3.99. The number of carbonyl (C=O) groups excluding carboxylic acids is 2. The highest BCUT2D eigenvalue weighted by atomic mass is 35.5. The van der Waals surface area contributed by atoms with E-state index in [2.05, 4.69) is 5.32 Å². The number of benzene rings is 1. The van der Waals surface area contributed by atoms with Gasteiger partial charge >= 0.3 is 0 Å². The molecule has 0 fully saturated rings. The van der Waals surface area contributed by atoms with Crippen LogP contribution in [0.15, 0.2) is 18.2 Å². The van der Waals surface area contributed by atoms with Crippen LogP contribution in [0.5, 0.6) is 0 Å². The minimum Gasteiger partial charge on any atom is -0.342 e. The number of Topliss-reactive ketones (excluding diaryl/α,β-unsaturated/α-hetero) is 1. The van der Waals surface area contributed by atoms with E-state index >= 15 is 0 Å². The van der Waals surface area contributed by atoms with E-state index < -0.39 is 17.8 Å². The third-order valence-corrected chi connectivity index (χ3v) is 2.76. The van der Waals surface area contributed by atoms with Gasteiger partial charge in [-0.15, -0.1) is 0 Å². The van der Waals surface area contributed by atoms with Crippen molar-refractivity contribution in [1.29, 1.82) is 0 Å². The van der Waals surface area contributed by atoms with Crippen molar-refractivity contribution in [3.05, 3.63) is 34.6 Å². The van der Waals surface area contributed by atoms with Gasteiger partial charge in [-0.25, -0.2) is 4.39 Å². The van der Waals surface area contributed by atoms with Gasteiger partial charge in [0.1, 0.15) is 5.82 Å². The van der Waals surface area contributed by atoms with Gasteiger partial charge in [0.15, 0.2) is 5.78 Å². The molecular formula is C12H13ClFNO2. The fourth-order valence-electron chi connectivity index (χ4n) is 1.34. The van der Waals surface area contributed by atoms with Crippen molar-refractivity contribution in [2.24, 2.45) is 0 Å². The lowest BCUT2D eigenvalue weighted by Crippen LogP contribution is -2.38. The molecule has 1 aromatic rings. The molecule has 1 amide bonds. The van der Waals surface area contributed by atoms with Gasteiger partial charge in [-0.3, -0.25) is 9.59 Å². The van der Waals surface area contributed by atoms with Crippen molar-refractivity contribution >= 4 is 23.3 Å². The lowest BCUT2D eigenvalue weighted by molar-refractivity contribution is -0.120. The molecule has 0 saturated heterocycles.